The van der Waals surface area contributed by atoms with Crippen LogP contribution in [0.15, 0.2) is 12.2 Å². The minimum Gasteiger partial charge on any atom is -0.354 e. The predicted octanol–water partition coefficient (Wildman–Crippen LogP) is 2.18. The third-order valence-corrected chi connectivity index (χ3v) is 4.37. The second-order valence-corrected chi connectivity index (χ2v) is 5.53. The average molecular weight is 239 g/mol. The van der Waals surface area contributed by atoms with Crippen LogP contribution in [0.2, 0.25) is 0 Å². The lowest BCUT2D eigenvalue weighted by atomic mass is 9.87. The number of methoxy groups -OCH3 is 2. The Morgan fingerprint density at radius 2 is 1.82 bits per heavy atom. The van der Waals surface area contributed by atoms with Crippen LogP contribution >= 0.6 is 0 Å². The highest BCUT2D eigenvalue weighted by molar-refractivity contribution is 5.11. The van der Waals surface area contributed by atoms with Gasteiger partial charge < -0.3 is 14.8 Å². The van der Waals surface area contributed by atoms with Crippen molar-refractivity contribution in [1.82, 2.24) is 5.32 Å². The molecule has 1 fully saturated rings. The average Bonchev–Trinajstić information content (AvgIpc) is 2.92. The molecule has 0 saturated heterocycles. The monoisotopic (exact) mass is 239 g/mol. The Hall–Kier alpha value is -0.380. The Balaban J connectivity index is 1.84. The van der Waals surface area contributed by atoms with Crippen molar-refractivity contribution in [3.8, 4) is 0 Å². The molecule has 0 radical (unpaired) electrons. The minimum atomic E-state index is -0.161. The number of nitrogens with one attached hydrogen (secondary N) is 1. The van der Waals surface area contributed by atoms with E-state index in [1.807, 2.05) is 0 Å². The molecule has 0 heterocycles. The van der Waals surface area contributed by atoms with Gasteiger partial charge in [-0.2, -0.15) is 0 Å². The second kappa shape index (κ2) is 5.51. The van der Waals surface area contributed by atoms with Crippen molar-refractivity contribution >= 4 is 0 Å². The third-order valence-electron chi connectivity index (χ3n) is 4.37. The summed E-state index contributed by atoms with van der Waals surface area (Å²) in [6.45, 7) is 4.41. The van der Waals surface area contributed by atoms with Crippen LogP contribution in [0.25, 0.3) is 0 Å². The van der Waals surface area contributed by atoms with Gasteiger partial charge in [0.2, 0.25) is 0 Å². The Labute approximate surface area is 105 Å². The van der Waals surface area contributed by atoms with E-state index >= 15 is 0 Å². The molecule has 2 rings (SSSR count). The van der Waals surface area contributed by atoms with Gasteiger partial charge in [0.05, 0.1) is 6.04 Å². The quantitative estimate of drug-likeness (QED) is 0.569. The van der Waals surface area contributed by atoms with Crippen LogP contribution in [-0.2, 0) is 9.47 Å². The molecular weight excluding hydrogens is 214 g/mol. The summed E-state index contributed by atoms with van der Waals surface area (Å²) in [7, 11) is 3.38. The number of rotatable bonds is 6. The summed E-state index contributed by atoms with van der Waals surface area (Å²) in [6, 6.07) is 0.751. The molecule has 0 aromatic rings. The van der Waals surface area contributed by atoms with Gasteiger partial charge in [0.25, 0.3) is 0 Å². The highest BCUT2D eigenvalue weighted by Crippen LogP contribution is 2.44. The molecule has 2 aliphatic rings. The van der Waals surface area contributed by atoms with Crippen molar-refractivity contribution in [2.45, 2.75) is 45.1 Å². The topological polar surface area (TPSA) is 30.5 Å². The van der Waals surface area contributed by atoms with E-state index in [-0.39, 0.29) is 12.3 Å². The van der Waals surface area contributed by atoms with Gasteiger partial charge in [0, 0.05) is 20.3 Å². The van der Waals surface area contributed by atoms with Crippen molar-refractivity contribution in [2.75, 3.05) is 14.2 Å². The summed E-state index contributed by atoms with van der Waals surface area (Å²) >= 11 is 0. The molecule has 5 unspecified atom stereocenters. The lowest BCUT2D eigenvalue weighted by molar-refractivity contribution is -0.121. The standard InChI is InChI=1S/C14H25NO2/c1-9(15-10(2)14(16-3)17-4)13-8-11-5-6-12(13)7-11/h5-6,9-15H,7-8H2,1-4H3. The van der Waals surface area contributed by atoms with Crippen LogP contribution in [0, 0.1) is 17.8 Å². The maximum Gasteiger partial charge on any atom is 0.171 e. The first kappa shape index (κ1) is 13.1. The lowest BCUT2D eigenvalue weighted by Crippen LogP contribution is -2.47. The first-order chi connectivity index (χ1) is 8.15. The normalized spacial score (nSPS) is 34.5. The SMILES string of the molecule is COC(OC)C(C)NC(C)C1CC2C=CC1C2. The zero-order valence-corrected chi connectivity index (χ0v) is 11.3. The van der Waals surface area contributed by atoms with E-state index in [1.54, 1.807) is 14.2 Å². The molecule has 1 N–H and O–H groups in total. The van der Waals surface area contributed by atoms with E-state index in [0.717, 1.165) is 17.8 Å². The molecule has 1 saturated carbocycles. The first-order valence-corrected chi connectivity index (χ1v) is 6.65. The zero-order valence-electron chi connectivity index (χ0n) is 11.3. The molecule has 2 aliphatic carbocycles. The number of ether oxygens (including phenoxy) is 2. The van der Waals surface area contributed by atoms with E-state index in [1.165, 1.54) is 12.8 Å². The molecule has 2 bridgehead atoms. The van der Waals surface area contributed by atoms with E-state index in [0.29, 0.717) is 6.04 Å². The largest absolute Gasteiger partial charge is 0.354 e. The molecule has 3 heteroatoms. The maximum atomic E-state index is 5.29. The van der Waals surface area contributed by atoms with Gasteiger partial charge in [-0.25, -0.2) is 0 Å². The van der Waals surface area contributed by atoms with Gasteiger partial charge >= 0.3 is 0 Å². The van der Waals surface area contributed by atoms with Crippen LogP contribution in [0.3, 0.4) is 0 Å². The van der Waals surface area contributed by atoms with Gasteiger partial charge in [-0.05, 0) is 44.4 Å². The second-order valence-electron chi connectivity index (χ2n) is 5.53. The molecule has 17 heavy (non-hydrogen) atoms. The third kappa shape index (κ3) is 2.72. The van der Waals surface area contributed by atoms with Crippen molar-refractivity contribution in [1.29, 1.82) is 0 Å². The summed E-state index contributed by atoms with van der Waals surface area (Å²) in [4.78, 5) is 0. The van der Waals surface area contributed by atoms with Gasteiger partial charge in [-0.3, -0.25) is 0 Å². The molecule has 0 aromatic carbocycles. The van der Waals surface area contributed by atoms with Gasteiger partial charge in [0.1, 0.15) is 0 Å². The van der Waals surface area contributed by atoms with Crippen molar-refractivity contribution in [3.05, 3.63) is 12.2 Å². The predicted molar refractivity (Wildman–Crippen MR) is 68.7 cm³/mol. The molecule has 5 atom stereocenters. The van der Waals surface area contributed by atoms with Crippen molar-refractivity contribution in [3.63, 3.8) is 0 Å². The number of fused-ring (bicyclic) bond motifs is 2. The minimum absolute atomic E-state index is 0.161. The first-order valence-electron chi connectivity index (χ1n) is 6.65. The highest BCUT2D eigenvalue weighted by atomic mass is 16.7. The summed E-state index contributed by atoms with van der Waals surface area (Å²) in [5, 5.41) is 3.62. The maximum absolute atomic E-state index is 5.29. The number of hydrogen-bond acceptors (Lipinski definition) is 3. The van der Waals surface area contributed by atoms with Crippen LogP contribution in [0.1, 0.15) is 26.7 Å². The van der Waals surface area contributed by atoms with E-state index in [4.69, 9.17) is 9.47 Å². The van der Waals surface area contributed by atoms with Gasteiger partial charge in [-0.1, -0.05) is 12.2 Å². The Morgan fingerprint density at radius 3 is 2.29 bits per heavy atom. The molecular formula is C14H25NO2. The summed E-state index contributed by atoms with van der Waals surface area (Å²) in [5.74, 6) is 2.41. The Morgan fingerprint density at radius 1 is 1.12 bits per heavy atom. The highest BCUT2D eigenvalue weighted by Gasteiger charge is 2.39. The molecule has 98 valence electrons. The number of allylic oxidation sites excluding steroid dienone is 2. The molecule has 0 aliphatic heterocycles. The van der Waals surface area contributed by atoms with Crippen LogP contribution in [0.4, 0.5) is 0 Å². The van der Waals surface area contributed by atoms with Gasteiger partial charge in [-0.15, -0.1) is 0 Å². The fourth-order valence-corrected chi connectivity index (χ4v) is 3.52. The summed E-state index contributed by atoms with van der Waals surface area (Å²) in [6.07, 6.45) is 7.35. The summed E-state index contributed by atoms with van der Waals surface area (Å²) in [5.41, 5.74) is 0. The van der Waals surface area contributed by atoms with Gasteiger partial charge in [0.15, 0.2) is 6.29 Å². The lowest BCUT2D eigenvalue weighted by Gasteiger charge is -2.31. The zero-order chi connectivity index (χ0) is 12.4. The fourth-order valence-electron chi connectivity index (χ4n) is 3.52. The number of hydrogen-bond donors (Lipinski definition) is 1. The molecule has 0 amide bonds. The fraction of sp³-hybridized carbons (Fsp3) is 0.857. The van der Waals surface area contributed by atoms with E-state index < -0.39 is 0 Å². The van der Waals surface area contributed by atoms with E-state index in [9.17, 15) is 0 Å². The summed E-state index contributed by atoms with van der Waals surface area (Å²) < 4.78 is 10.6. The van der Waals surface area contributed by atoms with Crippen LogP contribution in [0.5, 0.6) is 0 Å². The molecule has 0 spiro atoms. The smallest absolute Gasteiger partial charge is 0.171 e. The van der Waals surface area contributed by atoms with Crippen LogP contribution < -0.4 is 5.32 Å². The van der Waals surface area contributed by atoms with Crippen molar-refractivity contribution in [2.24, 2.45) is 17.8 Å². The van der Waals surface area contributed by atoms with Crippen molar-refractivity contribution < 1.29 is 9.47 Å². The van der Waals surface area contributed by atoms with Crippen LogP contribution in [-0.4, -0.2) is 32.6 Å². The Bertz CT molecular complexity index is 275. The molecule has 3 nitrogen and oxygen atoms in total. The Kier molecular flexibility index (Phi) is 4.23. The molecule has 0 aromatic heterocycles. The van der Waals surface area contributed by atoms with E-state index in [2.05, 4.69) is 31.3 Å².